The largest absolute Gasteiger partial charge is 0.760 e. The maximum absolute atomic E-state index is 14.8. The standard InChI is InChI=1S/C26H23ClFN7O5S/c1-4-40-18-12-5-9-15(30-18)25-33-24-26(35(25)22-16(38-2)10-6-11-17(22)39-3)31-21(23(27)32-24)20(34-41(36)37)19-14(28)8-7-13-29-19/h5-13,20,34H,4H2,1-3H3,(H,36,37)/p-1. The molecule has 0 spiro atoms. The molecule has 212 valence electrons. The van der Waals surface area contributed by atoms with Gasteiger partial charge in [-0.05, 0) is 37.3 Å². The number of ether oxygens (including phenoxy) is 3. The van der Waals surface area contributed by atoms with Crippen molar-refractivity contribution in [3.05, 3.63) is 77.1 Å². The summed E-state index contributed by atoms with van der Waals surface area (Å²) in [6.45, 7) is 2.24. The lowest BCUT2D eigenvalue weighted by Gasteiger charge is -2.20. The van der Waals surface area contributed by atoms with E-state index in [0.29, 0.717) is 35.4 Å². The van der Waals surface area contributed by atoms with Crippen molar-refractivity contribution in [1.29, 1.82) is 0 Å². The highest BCUT2D eigenvalue weighted by Crippen LogP contribution is 2.39. The zero-order valence-electron chi connectivity index (χ0n) is 21.9. The van der Waals surface area contributed by atoms with E-state index in [-0.39, 0.29) is 33.7 Å². The Kier molecular flexibility index (Phi) is 8.35. The van der Waals surface area contributed by atoms with Crippen LogP contribution in [0.3, 0.4) is 0 Å². The van der Waals surface area contributed by atoms with Crippen LogP contribution in [0.4, 0.5) is 4.39 Å². The molecule has 0 radical (unpaired) electrons. The van der Waals surface area contributed by atoms with Gasteiger partial charge in [-0.1, -0.05) is 23.7 Å². The van der Waals surface area contributed by atoms with Gasteiger partial charge in [-0.3, -0.25) is 13.8 Å². The maximum Gasteiger partial charge on any atom is 0.213 e. The van der Waals surface area contributed by atoms with Crippen molar-refractivity contribution in [2.75, 3.05) is 20.8 Å². The van der Waals surface area contributed by atoms with Gasteiger partial charge in [-0.2, -0.15) is 0 Å². The van der Waals surface area contributed by atoms with E-state index in [1.165, 1.54) is 26.5 Å². The van der Waals surface area contributed by atoms with E-state index in [1.807, 2.05) is 6.92 Å². The van der Waals surface area contributed by atoms with Crippen molar-refractivity contribution in [2.45, 2.75) is 13.0 Å². The van der Waals surface area contributed by atoms with Crippen LogP contribution >= 0.6 is 11.6 Å². The van der Waals surface area contributed by atoms with Gasteiger partial charge in [0, 0.05) is 23.5 Å². The Morgan fingerprint density at radius 2 is 1.76 bits per heavy atom. The fraction of sp³-hybridized carbons (Fsp3) is 0.192. The van der Waals surface area contributed by atoms with Crippen molar-refractivity contribution in [2.24, 2.45) is 0 Å². The van der Waals surface area contributed by atoms with E-state index in [1.54, 1.807) is 41.0 Å². The second kappa shape index (κ2) is 12.1. The maximum atomic E-state index is 14.8. The molecule has 1 N–H and O–H groups in total. The molecule has 0 saturated heterocycles. The summed E-state index contributed by atoms with van der Waals surface area (Å²) in [5, 5.41) is -0.218. The molecule has 15 heteroatoms. The van der Waals surface area contributed by atoms with Gasteiger partial charge in [0.25, 0.3) is 0 Å². The van der Waals surface area contributed by atoms with Crippen LogP contribution in [0.25, 0.3) is 28.5 Å². The lowest BCUT2D eigenvalue weighted by atomic mass is 10.1. The molecule has 0 fully saturated rings. The SMILES string of the molecule is CCOc1cccc(-c2nc3nc(Cl)c(C(NS(=O)[O-])c4ncccc4F)nc3n2-c2c(OC)cccc2OC)n1. The summed E-state index contributed by atoms with van der Waals surface area (Å²) < 4.78 is 59.0. The Morgan fingerprint density at radius 3 is 2.41 bits per heavy atom. The molecule has 5 rings (SSSR count). The number of hydrogen-bond acceptors (Lipinski definition) is 10. The number of nitrogens with zero attached hydrogens (tertiary/aromatic N) is 6. The first-order valence-corrected chi connectivity index (χ1v) is 13.5. The van der Waals surface area contributed by atoms with Gasteiger partial charge in [0.05, 0.1) is 20.8 Å². The Balaban J connectivity index is 1.86. The molecule has 0 saturated carbocycles. The van der Waals surface area contributed by atoms with Crippen molar-refractivity contribution in [3.63, 3.8) is 0 Å². The Hall–Kier alpha value is -4.24. The second-order valence-corrected chi connectivity index (χ2v) is 9.34. The highest BCUT2D eigenvalue weighted by molar-refractivity contribution is 7.77. The first-order chi connectivity index (χ1) is 19.9. The summed E-state index contributed by atoms with van der Waals surface area (Å²) in [6, 6.07) is 11.5. The number of halogens is 2. The minimum atomic E-state index is -2.85. The average molecular weight is 599 g/mol. The highest BCUT2D eigenvalue weighted by Gasteiger charge is 2.29. The number of benzene rings is 1. The Bertz CT molecular complexity index is 1730. The van der Waals surface area contributed by atoms with Crippen molar-refractivity contribution in [3.8, 4) is 34.6 Å². The molecule has 12 nitrogen and oxygen atoms in total. The summed E-state index contributed by atoms with van der Waals surface area (Å²) in [5.74, 6) is 0.665. The van der Waals surface area contributed by atoms with Gasteiger partial charge in [-0.25, -0.2) is 29.0 Å². The fourth-order valence-corrected chi connectivity index (χ4v) is 4.87. The number of imidazole rings is 1. The summed E-state index contributed by atoms with van der Waals surface area (Å²) >= 11 is 3.67. The van der Waals surface area contributed by atoms with E-state index in [4.69, 9.17) is 25.8 Å². The van der Waals surface area contributed by atoms with Gasteiger partial charge in [-0.15, -0.1) is 0 Å². The quantitative estimate of drug-likeness (QED) is 0.234. The van der Waals surface area contributed by atoms with E-state index in [2.05, 4.69) is 29.6 Å². The van der Waals surface area contributed by atoms with Gasteiger partial charge in [0.2, 0.25) is 5.88 Å². The van der Waals surface area contributed by atoms with Gasteiger partial charge in [0.15, 0.2) is 22.3 Å². The number of methoxy groups -OCH3 is 2. The first kappa shape index (κ1) is 28.3. The molecule has 0 aliphatic rings. The van der Waals surface area contributed by atoms with Crippen molar-refractivity contribution < 1.29 is 27.4 Å². The third kappa shape index (κ3) is 5.54. The zero-order chi connectivity index (χ0) is 29.1. The molecule has 2 atom stereocenters. The third-order valence-corrected chi connectivity index (χ3v) is 6.60. The number of nitrogens with one attached hydrogen (secondary N) is 1. The smallest absolute Gasteiger partial charge is 0.213 e. The number of para-hydroxylation sites is 1. The number of rotatable bonds is 10. The predicted octanol–water partition coefficient (Wildman–Crippen LogP) is 3.95. The lowest BCUT2D eigenvalue weighted by Crippen LogP contribution is -2.27. The highest BCUT2D eigenvalue weighted by atomic mass is 35.5. The molecule has 0 amide bonds. The van der Waals surface area contributed by atoms with E-state index in [9.17, 15) is 13.2 Å². The normalized spacial score (nSPS) is 12.7. The van der Waals surface area contributed by atoms with E-state index < -0.39 is 23.1 Å². The second-order valence-electron chi connectivity index (χ2n) is 8.28. The van der Waals surface area contributed by atoms with E-state index in [0.717, 1.165) is 6.07 Å². The average Bonchev–Trinajstić information content (AvgIpc) is 3.33. The first-order valence-electron chi connectivity index (χ1n) is 12.1. The van der Waals surface area contributed by atoms with Crippen LogP contribution in [0, 0.1) is 5.82 Å². The van der Waals surface area contributed by atoms with Crippen LogP contribution in [0.15, 0.2) is 54.7 Å². The molecule has 1 aromatic carbocycles. The third-order valence-electron chi connectivity index (χ3n) is 5.90. The monoisotopic (exact) mass is 598 g/mol. The van der Waals surface area contributed by atoms with Crippen LogP contribution in [-0.4, -0.2) is 59.1 Å². The molecule has 41 heavy (non-hydrogen) atoms. The molecular weight excluding hydrogens is 577 g/mol. The number of pyridine rings is 2. The Labute approximate surface area is 240 Å². The van der Waals surface area contributed by atoms with Gasteiger partial charge < -0.3 is 18.8 Å². The summed E-state index contributed by atoms with van der Waals surface area (Å²) in [4.78, 5) is 22.3. The minimum absolute atomic E-state index is 0.0915. The minimum Gasteiger partial charge on any atom is -0.760 e. The molecule has 0 aliphatic heterocycles. The fourth-order valence-electron chi connectivity index (χ4n) is 4.22. The number of aromatic nitrogens is 6. The van der Waals surface area contributed by atoms with Crippen LogP contribution in [0.5, 0.6) is 17.4 Å². The predicted molar refractivity (Wildman–Crippen MR) is 147 cm³/mol. The topological polar surface area (TPSA) is 149 Å². The summed E-state index contributed by atoms with van der Waals surface area (Å²) in [7, 11) is 2.98. The van der Waals surface area contributed by atoms with E-state index >= 15 is 0 Å². The number of hydrogen-bond donors (Lipinski definition) is 1. The summed E-state index contributed by atoms with van der Waals surface area (Å²) in [5.41, 5.74) is 0.659. The zero-order valence-corrected chi connectivity index (χ0v) is 23.4. The van der Waals surface area contributed by atoms with Crippen molar-refractivity contribution in [1.82, 2.24) is 34.2 Å². The number of fused-ring (bicyclic) bond motifs is 1. The van der Waals surface area contributed by atoms with Crippen LogP contribution in [0.1, 0.15) is 24.4 Å². The van der Waals surface area contributed by atoms with Gasteiger partial charge >= 0.3 is 0 Å². The molecule has 5 aromatic rings. The molecule has 0 aliphatic carbocycles. The van der Waals surface area contributed by atoms with Crippen LogP contribution in [0.2, 0.25) is 5.15 Å². The van der Waals surface area contributed by atoms with Crippen LogP contribution in [-0.2, 0) is 11.3 Å². The summed E-state index contributed by atoms with van der Waals surface area (Å²) in [6.07, 6.45) is 1.32. The molecule has 4 heterocycles. The molecule has 2 unspecified atom stereocenters. The molecular formula is C26H22ClFN7O5S-. The molecule has 4 aromatic heterocycles. The molecule has 0 bridgehead atoms. The van der Waals surface area contributed by atoms with Crippen LogP contribution < -0.4 is 18.9 Å². The van der Waals surface area contributed by atoms with Gasteiger partial charge in [0.1, 0.15) is 46.1 Å². The lowest BCUT2D eigenvalue weighted by molar-refractivity contribution is 0.327. The van der Waals surface area contributed by atoms with Crippen molar-refractivity contribution >= 4 is 34.2 Å². The Morgan fingerprint density at radius 1 is 1.02 bits per heavy atom.